The molecule has 1 aromatic carbocycles. The smallest absolute Gasteiger partial charge is 0.173 e. The van der Waals surface area contributed by atoms with E-state index >= 15 is 0 Å². The van der Waals surface area contributed by atoms with Crippen molar-refractivity contribution < 1.29 is 19.1 Å². The summed E-state index contributed by atoms with van der Waals surface area (Å²) in [6.07, 6.45) is 2.21. The minimum atomic E-state index is -0.326. The van der Waals surface area contributed by atoms with Crippen LogP contribution in [-0.4, -0.2) is 24.1 Å². The Balaban J connectivity index is 1.89. The number of ketones is 1. The molecule has 0 aliphatic heterocycles. The number of rotatable bonds is 7. The number of halogens is 1. The summed E-state index contributed by atoms with van der Waals surface area (Å²) in [6, 6.07) is 5.01. The van der Waals surface area contributed by atoms with Crippen LogP contribution in [0.3, 0.4) is 0 Å². The molecule has 0 radical (unpaired) electrons. The third-order valence-electron chi connectivity index (χ3n) is 4.12. The first-order chi connectivity index (χ1) is 12.1. The highest BCUT2D eigenvalue weighted by atomic mass is 32.1. The summed E-state index contributed by atoms with van der Waals surface area (Å²) >= 11 is 1.37. The lowest BCUT2D eigenvalue weighted by atomic mass is 9.94. The molecule has 0 amide bonds. The van der Waals surface area contributed by atoms with E-state index in [0.29, 0.717) is 18.7 Å². The van der Waals surface area contributed by atoms with Gasteiger partial charge in [-0.15, -0.1) is 11.3 Å². The van der Waals surface area contributed by atoms with Crippen LogP contribution in [0, 0.1) is 12.7 Å². The second kappa shape index (κ2) is 8.05. The molecular weight excluding hydrogens is 343 g/mol. The third kappa shape index (κ3) is 4.07. The van der Waals surface area contributed by atoms with E-state index in [1.807, 2.05) is 13.0 Å². The van der Waals surface area contributed by atoms with Crippen molar-refractivity contribution in [1.29, 1.82) is 0 Å². The number of hydrogen-bond donors (Lipinski definition) is 3. The van der Waals surface area contributed by atoms with Crippen LogP contribution in [-0.2, 0) is 17.8 Å². The predicted molar refractivity (Wildman–Crippen MR) is 95.9 cm³/mol. The average Bonchev–Trinajstić information content (AvgIpc) is 2.93. The molecule has 0 bridgehead atoms. The fourth-order valence-electron chi connectivity index (χ4n) is 2.90. The van der Waals surface area contributed by atoms with Gasteiger partial charge in [0.15, 0.2) is 5.78 Å². The number of hydrogen-bond acceptors (Lipinski definition) is 6. The zero-order valence-corrected chi connectivity index (χ0v) is 14.8. The van der Waals surface area contributed by atoms with Crippen LogP contribution in [0.5, 0.6) is 0 Å². The Hall–Kier alpha value is -1.80. The van der Waals surface area contributed by atoms with Crippen molar-refractivity contribution in [1.82, 2.24) is 5.48 Å². The number of benzene rings is 1. The second-order valence-electron chi connectivity index (χ2n) is 6.00. The monoisotopic (exact) mass is 364 g/mol. The molecule has 0 fully saturated rings. The molecule has 25 heavy (non-hydrogen) atoms. The highest BCUT2D eigenvalue weighted by Crippen LogP contribution is 2.39. The fraction of sp³-hybridized carbons (Fsp3) is 0.389. The molecule has 3 rings (SSSR count). The van der Waals surface area contributed by atoms with Crippen molar-refractivity contribution in [3.05, 3.63) is 45.6 Å². The maximum atomic E-state index is 14.2. The third-order valence-corrected chi connectivity index (χ3v) is 5.35. The van der Waals surface area contributed by atoms with Crippen molar-refractivity contribution in [2.45, 2.75) is 32.7 Å². The van der Waals surface area contributed by atoms with E-state index in [1.54, 1.807) is 6.07 Å². The van der Waals surface area contributed by atoms with E-state index < -0.39 is 0 Å². The van der Waals surface area contributed by atoms with E-state index in [4.69, 9.17) is 9.94 Å². The number of aliphatic hydroxyl groups is 1. The highest BCUT2D eigenvalue weighted by molar-refractivity contribution is 7.18. The van der Waals surface area contributed by atoms with E-state index in [-0.39, 0.29) is 24.8 Å². The number of fused-ring (bicyclic) bond motifs is 1. The van der Waals surface area contributed by atoms with Gasteiger partial charge in [0.05, 0.1) is 28.8 Å². The van der Waals surface area contributed by atoms with Gasteiger partial charge >= 0.3 is 0 Å². The minimum absolute atomic E-state index is 0.0765. The van der Waals surface area contributed by atoms with Gasteiger partial charge in [-0.25, -0.2) is 4.39 Å². The molecule has 1 aromatic heterocycles. The Labute approximate surface area is 149 Å². The molecule has 2 aromatic rings. The Bertz CT molecular complexity index is 776. The highest BCUT2D eigenvalue weighted by Gasteiger charge is 2.26. The number of carbonyl (C=O) groups excluding carboxylic acids is 1. The molecule has 1 aliphatic rings. The maximum absolute atomic E-state index is 14.2. The molecule has 0 unspecified atom stereocenters. The van der Waals surface area contributed by atoms with Gasteiger partial charge in [0.2, 0.25) is 0 Å². The number of hydroxylamine groups is 1. The van der Waals surface area contributed by atoms with E-state index in [2.05, 4.69) is 10.8 Å². The van der Waals surface area contributed by atoms with Crippen LogP contribution < -0.4 is 10.8 Å². The standard InChI is InChI=1S/C18H21FN2O3S/c1-11-5-6-15(14(19)9-11)21-18-13(10-20-24-8-7-22)12-3-2-4-16(23)17(12)25-18/h5-6,9,20-22H,2-4,7-8,10H2,1H3. The number of thiophene rings is 1. The molecule has 5 nitrogen and oxygen atoms in total. The van der Waals surface area contributed by atoms with Gasteiger partial charge in [0.1, 0.15) is 5.82 Å². The molecule has 3 N–H and O–H groups in total. The Morgan fingerprint density at radius 2 is 2.20 bits per heavy atom. The van der Waals surface area contributed by atoms with Gasteiger partial charge in [0, 0.05) is 18.5 Å². The van der Waals surface area contributed by atoms with Gasteiger partial charge in [-0.1, -0.05) is 6.07 Å². The van der Waals surface area contributed by atoms with E-state index in [9.17, 15) is 9.18 Å². The number of aliphatic hydroxyl groups excluding tert-OH is 1. The number of carbonyl (C=O) groups is 1. The maximum Gasteiger partial charge on any atom is 0.173 e. The molecule has 0 saturated carbocycles. The van der Waals surface area contributed by atoms with Gasteiger partial charge < -0.3 is 10.4 Å². The summed E-state index contributed by atoms with van der Waals surface area (Å²) in [5.74, 6) is -0.186. The summed E-state index contributed by atoms with van der Waals surface area (Å²) in [7, 11) is 0. The van der Waals surface area contributed by atoms with Crippen LogP contribution in [0.4, 0.5) is 15.1 Å². The Morgan fingerprint density at radius 3 is 2.96 bits per heavy atom. The number of anilines is 2. The van der Waals surface area contributed by atoms with Crippen molar-refractivity contribution in [2.24, 2.45) is 0 Å². The molecule has 1 heterocycles. The topological polar surface area (TPSA) is 70.6 Å². The van der Waals surface area contributed by atoms with Crippen molar-refractivity contribution >= 4 is 27.8 Å². The first kappa shape index (κ1) is 18.0. The molecule has 134 valence electrons. The molecule has 0 atom stereocenters. The lowest BCUT2D eigenvalue weighted by Crippen LogP contribution is -2.18. The Morgan fingerprint density at radius 1 is 1.36 bits per heavy atom. The van der Waals surface area contributed by atoms with Crippen LogP contribution in [0.1, 0.15) is 39.2 Å². The van der Waals surface area contributed by atoms with Gasteiger partial charge in [-0.2, -0.15) is 5.48 Å². The summed E-state index contributed by atoms with van der Waals surface area (Å²) in [6.45, 7) is 2.33. The van der Waals surface area contributed by atoms with Crippen LogP contribution in [0.15, 0.2) is 18.2 Å². The first-order valence-corrected chi connectivity index (χ1v) is 9.08. The largest absolute Gasteiger partial charge is 0.394 e. The van der Waals surface area contributed by atoms with Crippen molar-refractivity contribution in [3.8, 4) is 0 Å². The predicted octanol–water partition coefficient (Wildman–Crippen LogP) is 3.47. The molecular formula is C18H21FN2O3S. The number of Topliss-reactive ketones (excluding diaryl/α,β-unsaturated/α-hetero) is 1. The lowest BCUT2D eigenvalue weighted by Gasteiger charge is -2.13. The second-order valence-corrected chi connectivity index (χ2v) is 7.02. The quantitative estimate of drug-likeness (QED) is 0.518. The summed E-state index contributed by atoms with van der Waals surface area (Å²) < 4.78 is 14.2. The zero-order chi connectivity index (χ0) is 17.8. The van der Waals surface area contributed by atoms with Gasteiger partial charge in [0.25, 0.3) is 0 Å². The SMILES string of the molecule is Cc1ccc(Nc2sc3c(c2CNOCCO)CCCC3=O)c(F)c1. The normalized spacial score (nSPS) is 13.8. The average molecular weight is 364 g/mol. The number of nitrogens with one attached hydrogen (secondary N) is 2. The summed E-state index contributed by atoms with van der Waals surface area (Å²) in [5, 5.41) is 12.7. The van der Waals surface area contributed by atoms with Crippen LogP contribution in [0.2, 0.25) is 0 Å². The number of aryl methyl sites for hydroxylation is 1. The molecule has 7 heteroatoms. The van der Waals surface area contributed by atoms with E-state index in [1.165, 1.54) is 17.4 Å². The fourth-order valence-corrected chi connectivity index (χ4v) is 4.15. The summed E-state index contributed by atoms with van der Waals surface area (Å²) in [4.78, 5) is 18.1. The van der Waals surface area contributed by atoms with Crippen LogP contribution >= 0.6 is 11.3 Å². The Kier molecular flexibility index (Phi) is 5.80. The van der Waals surface area contributed by atoms with Crippen LogP contribution in [0.25, 0.3) is 0 Å². The molecule has 1 aliphatic carbocycles. The summed E-state index contributed by atoms with van der Waals surface area (Å²) in [5.41, 5.74) is 5.97. The van der Waals surface area contributed by atoms with Crippen molar-refractivity contribution in [3.63, 3.8) is 0 Å². The molecule has 0 spiro atoms. The zero-order valence-electron chi connectivity index (χ0n) is 14.0. The van der Waals surface area contributed by atoms with E-state index in [0.717, 1.165) is 39.4 Å². The van der Waals surface area contributed by atoms with Gasteiger partial charge in [-0.05, 0) is 43.0 Å². The molecule has 0 saturated heterocycles. The lowest BCUT2D eigenvalue weighted by molar-refractivity contribution is 0.0138. The van der Waals surface area contributed by atoms with Crippen molar-refractivity contribution in [2.75, 3.05) is 18.5 Å². The minimum Gasteiger partial charge on any atom is -0.394 e. The van der Waals surface area contributed by atoms with Gasteiger partial charge in [-0.3, -0.25) is 9.63 Å². The first-order valence-electron chi connectivity index (χ1n) is 8.26.